The van der Waals surface area contributed by atoms with Crippen molar-refractivity contribution in [3.8, 4) is 17.1 Å². The van der Waals surface area contributed by atoms with Crippen LogP contribution in [-0.2, 0) is 4.79 Å². The number of carbonyl (C=O) groups is 1. The Morgan fingerprint density at radius 2 is 1.79 bits per heavy atom. The zero-order chi connectivity index (χ0) is 17.1. The Morgan fingerprint density at radius 3 is 2.42 bits per heavy atom. The van der Waals surface area contributed by atoms with Crippen molar-refractivity contribution >= 4 is 29.3 Å². The first-order valence-electron chi connectivity index (χ1n) is 6.86. The summed E-state index contributed by atoms with van der Waals surface area (Å²) < 4.78 is 14.9. The summed E-state index contributed by atoms with van der Waals surface area (Å²) in [5, 5.41) is 18.1. The molecule has 0 fully saturated rings. The van der Waals surface area contributed by atoms with Crippen LogP contribution in [0.15, 0.2) is 53.7 Å². The molecule has 5 nitrogen and oxygen atoms in total. The van der Waals surface area contributed by atoms with Crippen molar-refractivity contribution in [2.75, 3.05) is 5.75 Å². The zero-order valence-corrected chi connectivity index (χ0v) is 13.8. The molecule has 2 aromatic carbocycles. The van der Waals surface area contributed by atoms with Crippen LogP contribution in [0.25, 0.3) is 17.1 Å². The van der Waals surface area contributed by atoms with E-state index in [4.69, 9.17) is 16.7 Å². The van der Waals surface area contributed by atoms with Gasteiger partial charge in [0.05, 0.1) is 5.75 Å². The third-order valence-electron chi connectivity index (χ3n) is 3.15. The van der Waals surface area contributed by atoms with E-state index in [1.165, 1.54) is 12.1 Å². The number of aromatic nitrogens is 3. The molecular weight excluding hydrogens is 353 g/mol. The van der Waals surface area contributed by atoms with E-state index in [1.54, 1.807) is 41.0 Å². The molecule has 3 rings (SSSR count). The molecule has 0 aliphatic rings. The molecule has 0 unspecified atom stereocenters. The Bertz CT molecular complexity index is 866. The summed E-state index contributed by atoms with van der Waals surface area (Å²) in [5.41, 5.74) is 1.40. The zero-order valence-electron chi connectivity index (χ0n) is 12.2. The van der Waals surface area contributed by atoms with E-state index in [-0.39, 0.29) is 11.6 Å². The number of nitrogens with zero attached hydrogens (tertiary/aromatic N) is 3. The van der Waals surface area contributed by atoms with Crippen LogP contribution in [0.4, 0.5) is 4.39 Å². The quantitative estimate of drug-likeness (QED) is 0.696. The lowest BCUT2D eigenvalue weighted by molar-refractivity contribution is -0.133. The molecule has 0 aliphatic carbocycles. The lowest BCUT2D eigenvalue weighted by Gasteiger charge is -2.10. The molecule has 8 heteroatoms. The van der Waals surface area contributed by atoms with Crippen molar-refractivity contribution < 1.29 is 14.3 Å². The molecule has 0 atom stereocenters. The van der Waals surface area contributed by atoms with Gasteiger partial charge in [-0.05, 0) is 48.5 Å². The van der Waals surface area contributed by atoms with E-state index >= 15 is 0 Å². The average Bonchev–Trinajstić information content (AvgIpc) is 2.98. The lowest BCUT2D eigenvalue weighted by atomic mass is 10.2. The normalized spacial score (nSPS) is 10.8. The molecule has 3 aromatic rings. The third-order valence-corrected chi connectivity index (χ3v) is 4.31. The van der Waals surface area contributed by atoms with Gasteiger partial charge >= 0.3 is 5.97 Å². The summed E-state index contributed by atoms with van der Waals surface area (Å²) in [4.78, 5) is 10.8. The number of thioether (sulfide) groups is 1. The van der Waals surface area contributed by atoms with Gasteiger partial charge in [0.25, 0.3) is 0 Å². The summed E-state index contributed by atoms with van der Waals surface area (Å²) in [7, 11) is 0. The van der Waals surface area contributed by atoms with E-state index < -0.39 is 5.97 Å². The van der Waals surface area contributed by atoms with E-state index in [0.717, 1.165) is 17.4 Å². The number of carboxylic acid groups (broad SMARTS) is 1. The molecule has 122 valence electrons. The summed E-state index contributed by atoms with van der Waals surface area (Å²) in [6.45, 7) is 0. The Hall–Kier alpha value is -2.38. The Balaban J connectivity index is 2.09. The molecule has 0 radical (unpaired) electrons. The molecule has 1 heterocycles. The van der Waals surface area contributed by atoms with Crippen molar-refractivity contribution in [1.29, 1.82) is 0 Å². The molecular formula is C16H11ClFN3O2S. The highest BCUT2D eigenvalue weighted by molar-refractivity contribution is 7.99. The largest absolute Gasteiger partial charge is 0.481 e. The summed E-state index contributed by atoms with van der Waals surface area (Å²) >= 11 is 6.98. The number of benzene rings is 2. The van der Waals surface area contributed by atoms with Crippen LogP contribution in [0.2, 0.25) is 5.02 Å². The van der Waals surface area contributed by atoms with Crippen LogP contribution in [0, 0.1) is 5.82 Å². The third kappa shape index (κ3) is 3.58. The van der Waals surface area contributed by atoms with E-state index in [0.29, 0.717) is 21.6 Å². The second-order valence-corrected chi connectivity index (χ2v) is 6.19. The maximum absolute atomic E-state index is 13.2. The summed E-state index contributed by atoms with van der Waals surface area (Å²) in [6.07, 6.45) is 0. The highest BCUT2D eigenvalue weighted by Crippen LogP contribution is 2.28. The fourth-order valence-electron chi connectivity index (χ4n) is 2.10. The maximum Gasteiger partial charge on any atom is 0.313 e. The average molecular weight is 364 g/mol. The van der Waals surface area contributed by atoms with Crippen molar-refractivity contribution in [2.24, 2.45) is 0 Å². The minimum atomic E-state index is -0.950. The Kier molecular flexibility index (Phi) is 4.82. The molecule has 0 saturated heterocycles. The summed E-state index contributed by atoms with van der Waals surface area (Å²) in [6, 6.07) is 12.9. The molecule has 24 heavy (non-hydrogen) atoms. The molecule has 1 aromatic heterocycles. The smallest absolute Gasteiger partial charge is 0.313 e. The van der Waals surface area contributed by atoms with Gasteiger partial charge in [0.2, 0.25) is 0 Å². The first-order chi connectivity index (χ1) is 11.5. The van der Waals surface area contributed by atoms with Crippen LogP contribution in [0.1, 0.15) is 0 Å². The second kappa shape index (κ2) is 7.02. The van der Waals surface area contributed by atoms with Gasteiger partial charge in [-0.25, -0.2) is 4.39 Å². The van der Waals surface area contributed by atoms with Gasteiger partial charge in [-0.1, -0.05) is 23.4 Å². The number of hydrogen-bond donors (Lipinski definition) is 1. The van der Waals surface area contributed by atoms with Crippen LogP contribution in [0.3, 0.4) is 0 Å². The highest BCUT2D eigenvalue weighted by atomic mass is 35.5. The van der Waals surface area contributed by atoms with Gasteiger partial charge in [0.1, 0.15) is 5.82 Å². The SMILES string of the molecule is O=C(O)CSc1nnc(-c2ccc(F)cc2)n1-c1ccc(Cl)cc1. The number of aliphatic carboxylic acids is 1. The van der Waals surface area contributed by atoms with Gasteiger partial charge in [0.15, 0.2) is 11.0 Å². The molecule has 0 aliphatic heterocycles. The van der Waals surface area contributed by atoms with E-state index in [9.17, 15) is 9.18 Å². The first-order valence-corrected chi connectivity index (χ1v) is 8.23. The van der Waals surface area contributed by atoms with Crippen LogP contribution < -0.4 is 0 Å². The second-order valence-electron chi connectivity index (χ2n) is 4.81. The van der Waals surface area contributed by atoms with Crippen molar-refractivity contribution in [2.45, 2.75) is 5.16 Å². The van der Waals surface area contributed by atoms with Crippen LogP contribution >= 0.6 is 23.4 Å². The van der Waals surface area contributed by atoms with Gasteiger partial charge < -0.3 is 5.11 Å². The molecule has 0 amide bonds. The number of carboxylic acids is 1. The standard InChI is InChI=1S/C16H11ClFN3O2S/c17-11-3-7-13(8-4-11)21-15(10-1-5-12(18)6-2-10)19-20-16(21)24-9-14(22)23/h1-8H,9H2,(H,22,23). The molecule has 1 N–H and O–H groups in total. The predicted octanol–water partition coefficient (Wildman–Crippen LogP) is 3.90. The lowest BCUT2D eigenvalue weighted by Crippen LogP contribution is -2.03. The Labute approximate surface area is 146 Å². The van der Waals surface area contributed by atoms with Crippen LogP contribution in [0.5, 0.6) is 0 Å². The molecule has 0 saturated carbocycles. The number of hydrogen-bond acceptors (Lipinski definition) is 4. The van der Waals surface area contributed by atoms with Gasteiger partial charge in [0, 0.05) is 16.3 Å². The van der Waals surface area contributed by atoms with Gasteiger partial charge in [-0.2, -0.15) is 0 Å². The van der Waals surface area contributed by atoms with Gasteiger partial charge in [-0.15, -0.1) is 10.2 Å². The minimum Gasteiger partial charge on any atom is -0.481 e. The van der Waals surface area contributed by atoms with Gasteiger partial charge in [-0.3, -0.25) is 9.36 Å². The number of halogens is 2. The molecule has 0 spiro atoms. The minimum absolute atomic E-state index is 0.144. The highest BCUT2D eigenvalue weighted by Gasteiger charge is 2.17. The summed E-state index contributed by atoms with van der Waals surface area (Å²) in [5.74, 6) is -0.953. The van der Waals surface area contributed by atoms with Crippen LogP contribution in [-0.4, -0.2) is 31.6 Å². The number of rotatable bonds is 5. The van der Waals surface area contributed by atoms with Crippen molar-refractivity contribution in [1.82, 2.24) is 14.8 Å². The fraction of sp³-hybridized carbons (Fsp3) is 0.0625. The molecule has 0 bridgehead atoms. The van der Waals surface area contributed by atoms with Crippen molar-refractivity contribution in [3.63, 3.8) is 0 Å². The van der Waals surface area contributed by atoms with E-state index in [2.05, 4.69) is 10.2 Å². The predicted molar refractivity (Wildman–Crippen MR) is 90.1 cm³/mol. The topological polar surface area (TPSA) is 68.0 Å². The maximum atomic E-state index is 13.2. The monoisotopic (exact) mass is 363 g/mol. The Morgan fingerprint density at radius 1 is 1.12 bits per heavy atom. The van der Waals surface area contributed by atoms with Crippen molar-refractivity contribution in [3.05, 3.63) is 59.4 Å². The van der Waals surface area contributed by atoms with E-state index in [1.807, 2.05) is 0 Å². The first kappa shape index (κ1) is 16.5. The fourth-order valence-corrected chi connectivity index (χ4v) is 2.90.